The first-order valence-electron chi connectivity index (χ1n) is 10.3. The van der Waals surface area contributed by atoms with Crippen molar-refractivity contribution in [3.63, 3.8) is 0 Å². The minimum Gasteiger partial charge on any atom is -0.477 e. The van der Waals surface area contributed by atoms with E-state index in [-0.39, 0.29) is 5.82 Å². The molecule has 2 N–H and O–H groups in total. The molecule has 0 amide bonds. The number of nitrogens with zero attached hydrogens (tertiary/aromatic N) is 1. The summed E-state index contributed by atoms with van der Waals surface area (Å²) < 4.78 is 15.0. The molecule has 4 nitrogen and oxygen atoms in total. The highest BCUT2D eigenvalue weighted by Crippen LogP contribution is 2.29. The molecule has 0 spiro atoms. The molecular weight excluding hydrogens is 391 g/mol. The highest BCUT2D eigenvalue weighted by atomic mass is 19.1. The summed E-state index contributed by atoms with van der Waals surface area (Å²) >= 11 is 0. The van der Waals surface area contributed by atoms with Crippen LogP contribution >= 0.6 is 0 Å². The first-order chi connectivity index (χ1) is 14.9. The number of aromatic nitrogens is 1. The summed E-state index contributed by atoms with van der Waals surface area (Å²) in [5, 5.41) is 14.4. The summed E-state index contributed by atoms with van der Waals surface area (Å²) in [7, 11) is 0. The lowest BCUT2D eigenvalue weighted by Crippen LogP contribution is -2.17. The Balaban J connectivity index is 1.73. The quantitative estimate of drug-likeness (QED) is 0.422. The molecule has 0 aliphatic carbocycles. The number of fused-ring (bicyclic) bond motifs is 1. The number of carbonyl (C=O) groups is 1. The number of rotatable bonds is 7. The lowest BCUT2D eigenvalue weighted by Gasteiger charge is -2.12. The van der Waals surface area contributed by atoms with E-state index in [1.807, 2.05) is 60.9 Å². The predicted octanol–water partition coefficient (Wildman–Crippen LogP) is 5.43. The number of aryl methyl sites for hydroxylation is 2. The lowest BCUT2D eigenvalue weighted by molar-refractivity contribution is 0.0684. The Morgan fingerprint density at radius 3 is 2.45 bits per heavy atom. The van der Waals surface area contributed by atoms with Gasteiger partial charge in [0.25, 0.3) is 0 Å². The van der Waals surface area contributed by atoms with Gasteiger partial charge in [0.2, 0.25) is 0 Å². The van der Waals surface area contributed by atoms with Crippen LogP contribution in [0.2, 0.25) is 0 Å². The van der Waals surface area contributed by atoms with Crippen molar-refractivity contribution in [1.82, 2.24) is 9.88 Å². The van der Waals surface area contributed by atoms with Gasteiger partial charge in [0, 0.05) is 36.1 Å². The van der Waals surface area contributed by atoms with Crippen molar-refractivity contribution in [2.75, 3.05) is 0 Å². The molecule has 0 bridgehead atoms. The third kappa shape index (κ3) is 4.37. The van der Waals surface area contributed by atoms with Crippen LogP contribution in [-0.2, 0) is 19.6 Å². The smallest absolute Gasteiger partial charge is 0.352 e. The number of hydrogen-bond acceptors (Lipinski definition) is 2. The van der Waals surface area contributed by atoms with Crippen molar-refractivity contribution in [2.45, 2.75) is 33.5 Å². The van der Waals surface area contributed by atoms with Crippen LogP contribution in [0.15, 0.2) is 66.7 Å². The zero-order valence-electron chi connectivity index (χ0n) is 17.7. The SMILES string of the molecule is Cc1ccc2c(CNCc3ccc(F)cc3)c(C(=O)O)n(Cc3ccccc3C)c2c1. The summed E-state index contributed by atoms with van der Waals surface area (Å²) in [6, 6.07) is 20.4. The van der Waals surface area contributed by atoms with Crippen LogP contribution < -0.4 is 5.32 Å². The Morgan fingerprint density at radius 2 is 1.74 bits per heavy atom. The maximum absolute atomic E-state index is 13.1. The van der Waals surface area contributed by atoms with E-state index < -0.39 is 5.97 Å². The molecule has 0 atom stereocenters. The maximum Gasteiger partial charge on any atom is 0.352 e. The number of halogens is 1. The van der Waals surface area contributed by atoms with Gasteiger partial charge in [-0.2, -0.15) is 0 Å². The number of carboxylic acids is 1. The van der Waals surface area contributed by atoms with E-state index in [9.17, 15) is 14.3 Å². The molecule has 158 valence electrons. The Bertz CT molecular complexity index is 1240. The molecule has 0 aliphatic heterocycles. The monoisotopic (exact) mass is 416 g/mol. The molecule has 0 fully saturated rings. The molecule has 0 aliphatic rings. The second-order valence-electron chi connectivity index (χ2n) is 7.90. The summed E-state index contributed by atoms with van der Waals surface area (Å²) in [6.07, 6.45) is 0. The highest BCUT2D eigenvalue weighted by molar-refractivity contribution is 5.98. The largest absolute Gasteiger partial charge is 0.477 e. The van der Waals surface area contributed by atoms with Crippen LogP contribution in [0.4, 0.5) is 4.39 Å². The lowest BCUT2D eigenvalue weighted by atomic mass is 10.1. The summed E-state index contributed by atoms with van der Waals surface area (Å²) in [5.41, 5.74) is 6.23. The maximum atomic E-state index is 13.1. The predicted molar refractivity (Wildman–Crippen MR) is 121 cm³/mol. The molecule has 1 heterocycles. The number of aromatic carboxylic acids is 1. The van der Waals surface area contributed by atoms with Crippen molar-refractivity contribution in [2.24, 2.45) is 0 Å². The van der Waals surface area contributed by atoms with Gasteiger partial charge in [-0.15, -0.1) is 0 Å². The zero-order chi connectivity index (χ0) is 22.0. The van der Waals surface area contributed by atoms with Crippen LogP contribution in [0.5, 0.6) is 0 Å². The molecule has 31 heavy (non-hydrogen) atoms. The van der Waals surface area contributed by atoms with Crippen molar-refractivity contribution in [3.05, 3.63) is 106 Å². The first-order valence-corrected chi connectivity index (χ1v) is 10.3. The van der Waals surface area contributed by atoms with Crippen LogP contribution in [0.1, 0.15) is 38.3 Å². The molecule has 1 aromatic heterocycles. The molecule has 4 rings (SSSR count). The minimum absolute atomic E-state index is 0.272. The summed E-state index contributed by atoms with van der Waals surface area (Å²) in [5.74, 6) is -1.22. The van der Waals surface area contributed by atoms with Gasteiger partial charge in [-0.05, 0) is 54.3 Å². The first kappa shape index (κ1) is 20.8. The van der Waals surface area contributed by atoms with E-state index in [0.717, 1.165) is 38.7 Å². The Hall–Kier alpha value is -3.44. The topological polar surface area (TPSA) is 54.3 Å². The van der Waals surface area contributed by atoms with E-state index in [1.165, 1.54) is 12.1 Å². The Labute approximate surface area is 181 Å². The molecule has 0 unspecified atom stereocenters. The van der Waals surface area contributed by atoms with Gasteiger partial charge in [0.1, 0.15) is 11.5 Å². The average Bonchev–Trinajstić information content (AvgIpc) is 3.04. The molecule has 4 aromatic rings. The summed E-state index contributed by atoms with van der Waals surface area (Å²) in [6.45, 7) is 5.47. The second-order valence-corrected chi connectivity index (χ2v) is 7.90. The highest BCUT2D eigenvalue weighted by Gasteiger charge is 2.22. The Kier molecular flexibility index (Phi) is 5.87. The molecule has 3 aromatic carbocycles. The fourth-order valence-corrected chi connectivity index (χ4v) is 4.01. The van der Waals surface area contributed by atoms with E-state index in [0.29, 0.717) is 25.3 Å². The molecular formula is C26H25FN2O2. The number of nitrogens with one attached hydrogen (secondary N) is 1. The standard InChI is InChI=1S/C26H25FN2O2/c1-17-7-12-22-23(15-28-14-19-8-10-21(27)11-9-19)25(26(30)31)29(24(22)13-17)16-20-6-4-3-5-18(20)2/h3-13,28H,14-16H2,1-2H3,(H,30,31). The molecule has 0 saturated heterocycles. The number of benzene rings is 3. The molecule has 0 radical (unpaired) electrons. The van der Waals surface area contributed by atoms with Crippen LogP contribution in [0, 0.1) is 19.7 Å². The normalized spacial score (nSPS) is 11.2. The minimum atomic E-state index is -0.944. The van der Waals surface area contributed by atoms with Gasteiger partial charge in [-0.25, -0.2) is 9.18 Å². The molecule has 5 heteroatoms. The van der Waals surface area contributed by atoms with Crippen molar-refractivity contribution in [1.29, 1.82) is 0 Å². The van der Waals surface area contributed by atoms with Crippen molar-refractivity contribution < 1.29 is 14.3 Å². The van der Waals surface area contributed by atoms with Crippen molar-refractivity contribution >= 4 is 16.9 Å². The van der Waals surface area contributed by atoms with Gasteiger partial charge >= 0.3 is 5.97 Å². The van der Waals surface area contributed by atoms with Gasteiger partial charge in [0.15, 0.2) is 0 Å². The second kappa shape index (κ2) is 8.74. The van der Waals surface area contributed by atoms with E-state index >= 15 is 0 Å². The van der Waals surface area contributed by atoms with E-state index in [1.54, 1.807) is 12.1 Å². The van der Waals surface area contributed by atoms with Crippen LogP contribution in [-0.4, -0.2) is 15.6 Å². The van der Waals surface area contributed by atoms with Crippen LogP contribution in [0.3, 0.4) is 0 Å². The van der Waals surface area contributed by atoms with Gasteiger partial charge in [0.05, 0.1) is 0 Å². The molecule has 0 saturated carbocycles. The van der Waals surface area contributed by atoms with Crippen molar-refractivity contribution in [3.8, 4) is 0 Å². The van der Waals surface area contributed by atoms with Gasteiger partial charge < -0.3 is 15.0 Å². The van der Waals surface area contributed by atoms with Gasteiger partial charge in [-0.1, -0.05) is 48.5 Å². The number of carboxylic acid groups (broad SMARTS) is 1. The van der Waals surface area contributed by atoms with Gasteiger partial charge in [-0.3, -0.25) is 0 Å². The summed E-state index contributed by atoms with van der Waals surface area (Å²) in [4.78, 5) is 12.4. The Morgan fingerprint density at radius 1 is 1.00 bits per heavy atom. The fraction of sp³-hybridized carbons (Fsp3) is 0.192. The third-order valence-corrected chi connectivity index (χ3v) is 5.66. The fourth-order valence-electron chi connectivity index (χ4n) is 4.01. The number of hydrogen-bond donors (Lipinski definition) is 2. The van der Waals surface area contributed by atoms with Crippen LogP contribution in [0.25, 0.3) is 10.9 Å². The average molecular weight is 416 g/mol. The zero-order valence-corrected chi connectivity index (χ0v) is 17.7. The van der Waals surface area contributed by atoms with E-state index in [4.69, 9.17) is 0 Å². The van der Waals surface area contributed by atoms with E-state index in [2.05, 4.69) is 5.32 Å². The third-order valence-electron chi connectivity index (χ3n) is 5.66.